The highest BCUT2D eigenvalue weighted by Crippen LogP contribution is 2.23. The lowest BCUT2D eigenvalue weighted by Gasteiger charge is -2.17. The molecule has 1 atom stereocenters. The van der Waals surface area contributed by atoms with E-state index < -0.39 is 18.0 Å². The molecule has 9 nitrogen and oxygen atoms in total. The Bertz CT molecular complexity index is 1050. The standard InChI is InChI=1S/C24H27N3O6/c1-32-23(30)18-6-3-5-16(14-18)21(28)26-11-4-7-20(24(31)33-2)27-22(29)17-8-9-19-15(13-17)10-12-25-19/h3,5-6,8-9,13-14,20,25H,4,7,10-12H2,1-2H3,(H,26,28)(H,27,29). The molecule has 0 spiro atoms. The summed E-state index contributed by atoms with van der Waals surface area (Å²) in [7, 11) is 2.53. The largest absolute Gasteiger partial charge is 0.467 e. The number of carbonyl (C=O) groups excluding carboxylic acids is 4. The molecule has 1 aliphatic heterocycles. The topological polar surface area (TPSA) is 123 Å². The highest BCUT2D eigenvalue weighted by molar-refractivity contribution is 5.98. The smallest absolute Gasteiger partial charge is 0.337 e. The highest BCUT2D eigenvalue weighted by Gasteiger charge is 2.23. The third-order valence-electron chi connectivity index (χ3n) is 5.37. The Morgan fingerprint density at radius 1 is 0.970 bits per heavy atom. The number of rotatable bonds is 9. The van der Waals surface area contributed by atoms with Gasteiger partial charge in [-0.1, -0.05) is 6.07 Å². The molecule has 0 saturated heterocycles. The van der Waals surface area contributed by atoms with Gasteiger partial charge in [0.25, 0.3) is 11.8 Å². The third-order valence-corrected chi connectivity index (χ3v) is 5.37. The van der Waals surface area contributed by atoms with Crippen molar-refractivity contribution in [3.05, 3.63) is 64.7 Å². The Morgan fingerprint density at radius 2 is 1.73 bits per heavy atom. The van der Waals surface area contributed by atoms with Gasteiger partial charge < -0.3 is 25.4 Å². The number of amides is 2. The summed E-state index contributed by atoms with van der Waals surface area (Å²) in [5, 5.41) is 8.71. The van der Waals surface area contributed by atoms with Gasteiger partial charge >= 0.3 is 11.9 Å². The van der Waals surface area contributed by atoms with Crippen LogP contribution in [0.15, 0.2) is 42.5 Å². The molecule has 0 aromatic heterocycles. The zero-order valence-corrected chi connectivity index (χ0v) is 18.6. The first-order valence-corrected chi connectivity index (χ1v) is 10.6. The first-order chi connectivity index (χ1) is 15.9. The van der Waals surface area contributed by atoms with Crippen LogP contribution >= 0.6 is 0 Å². The van der Waals surface area contributed by atoms with E-state index in [1.54, 1.807) is 24.3 Å². The van der Waals surface area contributed by atoms with Crippen LogP contribution in [0.1, 0.15) is 49.5 Å². The highest BCUT2D eigenvalue weighted by atomic mass is 16.5. The van der Waals surface area contributed by atoms with Gasteiger partial charge in [-0.15, -0.1) is 0 Å². The van der Waals surface area contributed by atoms with Gasteiger partial charge in [0.1, 0.15) is 6.04 Å². The van der Waals surface area contributed by atoms with Gasteiger partial charge in [0.05, 0.1) is 19.8 Å². The van der Waals surface area contributed by atoms with Crippen molar-refractivity contribution in [1.29, 1.82) is 0 Å². The molecule has 33 heavy (non-hydrogen) atoms. The van der Waals surface area contributed by atoms with Crippen LogP contribution < -0.4 is 16.0 Å². The second kappa shape index (κ2) is 11.1. The lowest BCUT2D eigenvalue weighted by molar-refractivity contribution is -0.143. The molecule has 2 aromatic rings. The number of hydrogen-bond acceptors (Lipinski definition) is 7. The first kappa shape index (κ1) is 23.8. The number of methoxy groups -OCH3 is 2. The molecule has 0 bridgehead atoms. The number of hydrogen-bond donors (Lipinski definition) is 3. The molecule has 0 aliphatic carbocycles. The van der Waals surface area contributed by atoms with Crippen molar-refractivity contribution in [3.8, 4) is 0 Å². The minimum absolute atomic E-state index is 0.273. The maximum atomic E-state index is 12.7. The maximum Gasteiger partial charge on any atom is 0.337 e. The van der Waals surface area contributed by atoms with Crippen LogP contribution in [0.5, 0.6) is 0 Å². The molecule has 9 heteroatoms. The molecule has 1 aliphatic rings. The summed E-state index contributed by atoms with van der Waals surface area (Å²) in [5.41, 5.74) is 3.16. The molecule has 3 N–H and O–H groups in total. The molecule has 0 fully saturated rings. The van der Waals surface area contributed by atoms with Crippen LogP contribution in [0.2, 0.25) is 0 Å². The molecule has 2 amide bonds. The molecule has 0 saturated carbocycles. The van der Waals surface area contributed by atoms with Crippen LogP contribution in [0.25, 0.3) is 0 Å². The van der Waals surface area contributed by atoms with Crippen LogP contribution in [-0.2, 0) is 20.7 Å². The monoisotopic (exact) mass is 453 g/mol. The van der Waals surface area contributed by atoms with Gasteiger partial charge in [-0.2, -0.15) is 0 Å². The number of nitrogens with one attached hydrogen (secondary N) is 3. The van der Waals surface area contributed by atoms with E-state index in [9.17, 15) is 19.2 Å². The fraction of sp³-hybridized carbons (Fsp3) is 0.333. The first-order valence-electron chi connectivity index (χ1n) is 10.6. The maximum absolute atomic E-state index is 12.7. The van der Waals surface area contributed by atoms with Gasteiger partial charge in [-0.25, -0.2) is 9.59 Å². The third kappa shape index (κ3) is 6.09. The Morgan fingerprint density at radius 3 is 2.48 bits per heavy atom. The van der Waals surface area contributed by atoms with Gasteiger partial charge in [-0.3, -0.25) is 9.59 Å². The van der Waals surface area contributed by atoms with Gasteiger partial charge in [0.15, 0.2) is 0 Å². The second-order valence-corrected chi connectivity index (χ2v) is 7.57. The Balaban J connectivity index is 1.53. The Labute approximate surface area is 191 Å². The van der Waals surface area contributed by atoms with E-state index in [4.69, 9.17) is 4.74 Å². The van der Waals surface area contributed by atoms with Crippen molar-refractivity contribution in [2.45, 2.75) is 25.3 Å². The fourth-order valence-electron chi connectivity index (χ4n) is 3.59. The summed E-state index contributed by atoms with van der Waals surface area (Å²) >= 11 is 0. The number of fused-ring (bicyclic) bond motifs is 1. The quantitative estimate of drug-likeness (QED) is 0.392. The molecule has 0 radical (unpaired) electrons. The van der Waals surface area contributed by atoms with E-state index in [0.717, 1.165) is 24.2 Å². The van der Waals surface area contributed by atoms with Crippen molar-refractivity contribution in [2.24, 2.45) is 0 Å². The zero-order chi connectivity index (χ0) is 23.8. The minimum Gasteiger partial charge on any atom is -0.467 e. The summed E-state index contributed by atoms with van der Waals surface area (Å²) in [5.74, 6) is -1.79. The van der Waals surface area contributed by atoms with E-state index >= 15 is 0 Å². The van der Waals surface area contributed by atoms with Crippen molar-refractivity contribution >= 4 is 29.4 Å². The van der Waals surface area contributed by atoms with E-state index in [0.29, 0.717) is 17.5 Å². The number of esters is 2. The fourth-order valence-corrected chi connectivity index (χ4v) is 3.59. The average Bonchev–Trinajstić information content (AvgIpc) is 3.32. The van der Waals surface area contributed by atoms with Crippen molar-refractivity contribution in [2.75, 3.05) is 32.6 Å². The number of carbonyl (C=O) groups is 4. The molecule has 1 unspecified atom stereocenters. The zero-order valence-electron chi connectivity index (χ0n) is 18.6. The molecule has 174 valence electrons. The molecule has 2 aromatic carbocycles. The summed E-state index contributed by atoms with van der Waals surface area (Å²) in [4.78, 5) is 48.8. The van der Waals surface area contributed by atoms with E-state index in [1.165, 1.54) is 20.3 Å². The van der Waals surface area contributed by atoms with Crippen LogP contribution in [0, 0.1) is 0 Å². The van der Waals surface area contributed by atoms with Gasteiger partial charge in [-0.05, 0) is 61.2 Å². The van der Waals surface area contributed by atoms with E-state index in [1.807, 2.05) is 12.1 Å². The van der Waals surface area contributed by atoms with Crippen molar-refractivity contribution < 1.29 is 28.7 Å². The number of anilines is 1. The Kier molecular flexibility index (Phi) is 8.01. The predicted molar refractivity (Wildman–Crippen MR) is 121 cm³/mol. The van der Waals surface area contributed by atoms with Crippen molar-refractivity contribution in [3.63, 3.8) is 0 Å². The lowest BCUT2D eigenvalue weighted by atomic mass is 10.1. The molecular formula is C24H27N3O6. The SMILES string of the molecule is COC(=O)c1cccc(C(=O)NCCCC(NC(=O)c2ccc3c(c2)CCN3)C(=O)OC)c1. The van der Waals surface area contributed by atoms with Crippen LogP contribution in [-0.4, -0.2) is 57.1 Å². The summed E-state index contributed by atoms with van der Waals surface area (Å²) in [6.45, 7) is 1.11. The second-order valence-electron chi connectivity index (χ2n) is 7.57. The molecule has 1 heterocycles. The molecule has 3 rings (SSSR count). The number of benzene rings is 2. The normalized spacial score (nSPS) is 12.7. The summed E-state index contributed by atoms with van der Waals surface area (Å²) in [6, 6.07) is 10.7. The predicted octanol–water partition coefficient (Wildman–Crippen LogP) is 1.92. The summed E-state index contributed by atoms with van der Waals surface area (Å²) < 4.78 is 9.48. The minimum atomic E-state index is -0.839. The van der Waals surface area contributed by atoms with Crippen LogP contribution in [0.3, 0.4) is 0 Å². The van der Waals surface area contributed by atoms with E-state index in [-0.39, 0.29) is 30.3 Å². The average molecular weight is 453 g/mol. The van der Waals surface area contributed by atoms with E-state index in [2.05, 4.69) is 20.7 Å². The lowest BCUT2D eigenvalue weighted by Crippen LogP contribution is -2.42. The summed E-state index contributed by atoms with van der Waals surface area (Å²) in [6.07, 6.45) is 1.56. The number of ether oxygens (including phenoxy) is 2. The van der Waals surface area contributed by atoms with Gasteiger partial charge in [0, 0.05) is 29.9 Å². The Hall–Kier alpha value is -3.88. The molecular weight excluding hydrogens is 426 g/mol. The van der Waals surface area contributed by atoms with Crippen molar-refractivity contribution in [1.82, 2.24) is 10.6 Å². The van der Waals surface area contributed by atoms with Crippen LogP contribution in [0.4, 0.5) is 5.69 Å². The van der Waals surface area contributed by atoms with Gasteiger partial charge in [0.2, 0.25) is 0 Å².